The zero-order valence-electron chi connectivity index (χ0n) is 12.2. The fourth-order valence-corrected chi connectivity index (χ4v) is 2.79. The Morgan fingerprint density at radius 2 is 1.84 bits per heavy atom. The molecule has 0 aromatic heterocycles. The highest BCUT2D eigenvalue weighted by atomic mass is 16.4. The summed E-state index contributed by atoms with van der Waals surface area (Å²) in [5, 5.41) is 11.9. The first-order valence-corrected chi connectivity index (χ1v) is 7.19. The molecule has 2 amide bonds. The van der Waals surface area contributed by atoms with Gasteiger partial charge in [0.15, 0.2) is 0 Å². The standard InChI is InChI=1S/C14H26N2O3/c1-10(2)8-11(3)15-14(19)16(9-13(17)18)12-6-4-5-7-12/h10-12H,4-9H2,1-3H3,(H,15,19)(H,17,18). The number of nitrogens with zero attached hydrogens (tertiary/aromatic N) is 1. The lowest BCUT2D eigenvalue weighted by molar-refractivity contribution is -0.138. The van der Waals surface area contributed by atoms with Crippen LogP contribution in [0.15, 0.2) is 0 Å². The number of nitrogens with one attached hydrogen (secondary N) is 1. The number of amides is 2. The van der Waals surface area contributed by atoms with Crippen LogP contribution in [0.1, 0.15) is 52.9 Å². The van der Waals surface area contributed by atoms with Crippen LogP contribution in [0.4, 0.5) is 4.79 Å². The highest BCUT2D eigenvalue weighted by Gasteiger charge is 2.28. The first-order valence-electron chi connectivity index (χ1n) is 7.19. The third-order valence-corrected chi connectivity index (χ3v) is 3.53. The third kappa shape index (κ3) is 5.49. The smallest absolute Gasteiger partial charge is 0.323 e. The van der Waals surface area contributed by atoms with Crippen molar-refractivity contribution in [3.63, 3.8) is 0 Å². The van der Waals surface area contributed by atoms with Gasteiger partial charge in [-0.1, -0.05) is 26.7 Å². The molecule has 0 spiro atoms. The van der Waals surface area contributed by atoms with E-state index in [9.17, 15) is 9.59 Å². The summed E-state index contributed by atoms with van der Waals surface area (Å²) in [6, 6.07) is -0.0741. The van der Waals surface area contributed by atoms with Crippen LogP contribution in [0, 0.1) is 5.92 Å². The lowest BCUT2D eigenvalue weighted by atomic mass is 10.1. The zero-order valence-corrected chi connectivity index (χ0v) is 12.2. The lowest BCUT2D eigenvalue weighted by Gasteiger charge is -2.29. The molecule has 1 atom stereocenters. The molecule has 19 heavy (non-hydrogen) atoms. The Balaban J connectivity index is 2.57. The van der Waals surface area contributed by atoms with E-state index in [1.54, 1.807) is 0 Å². The maximum atomic E-state index is 12.2. The van der Waals surface area contributed by atoms with Gasteiger partial charge in [0.25, 0.3) is 0 Å². The van der Waals surface area contributed by atoms with Gasteiger partial charge < -0.3 is 15.3 Å². The molecule has 5 nitrogen and oxygen atoms in total. The number of carboxylic acid groups (broad SMARTS) is 1. The van der Waals surface area contributed by atoms with E-state index in [-0.39, 0.29) is 24.7 Å². The summed E-state index contributed by atoms with van der Waals surface area (Å²) in [6.45, 7) is 5.97. The minimum atomic E-state index is -0.946. The number of urea groups is 1. The van der Waals surface area contributed by atoms with E-state index in [4.69, 9.17) is 5.11 Å². The molecule has 0 bridgehead atoms. The van der Waals surface area contributed by atoms with E-state index in [1.165, 1.54) is 4.90 Å². The summed E-state index contributed by atoms with van der Waals surface area (Å²) >= 11 is 0. The molecule has 0 heterocycles. The maximum Gasteiger partial charge on any atom is 0.323 e. The normalized spacial score (nSPS) is 17.5. The Morgan fingerprint density at radius 3 is 2.32 bits per heavy atom. The van der Waals surface area contributed by atoms with Crippen molar-refractivity contribution in [1.29, 1.82) is 0 Å². The van der Waals surface area contributed by atoms with E-state index in [0.717, 1.165) is 32.1 Å². The van der Waals surface area contributed by atoms with Crippen molar-refractivity contribution in [3.05, 3.63) is 0 Å². The van der Waals surface area contributed by atoms with Gasteiger partial charge in [0, 0.05) is 12.1 Å². The Morgan fingerprint density at radius 1 is 1.26 bits per heavy atom. The highest BCUT2D eigenvalue weighted by Crippen LogP contribution is 2.23. The van der Waals surface area contributed by atoms with E-state index >= 15 is 0 Å². The number of carbonyl (C=O) groups excluding carboxylic acids is 1. The summed E-state index contributed by atoms with van der Waals surface area (Å²) < 4.78 is 0. The van der Waals surface area contributed by atoms with Gasteiger partial charge in [-0.25, -0.2) is 4.79 Å². The second-order valence-electron chi connectivity index (χ2n) is 5.94. The first-order chi connectivity index (χ1) is 8.90. The Kier molecular flexibility index (Phi) is 6.12. The largest absolute Gasteiger partial charge is 0.480 e. The SMILES string of the molecule is CC(C)CC(C)NC(=O)N(CC(=O)O)C1CCCC1. The van der Waals surface area contributed by atoms with Crippen LogP contribution in [0.3, 0.4) is 0 Å². The van der Waals surface area contributed by atoms with Crippen LogP contribution in [0.5, 0.6) is 0 Å². The van der Waals surface area contributed by atoms with E-state index in [2.05, 4.69) is 19.2 Å². The molecule has 1 fully saturated rings. The third-order valence-electron chi connectivity index (χ3n) is 3.53. The fourth-order valence-electron chi connectivity index (χ4n) is 2.79. The van der Waals surface area contributed by atoms with E-state index < -0.39 is 5.97 Å². The molecule has 1 saturated carbocycles. The molecule has 1 aliphatic carbocycles. The number of aliphatic carboxylic acids is 1. The molecule has 0 aromatic carbocycles. The molecule has 1 rings (SSSR count). The number of hydrogen-bond acceptors (Lipinski definition) is 2. The maximum absolute atomic E-state index is 12.2. The van der Waals surface area contributed by atoms with E-state index in [0.29, 0.717) is 5.92 Å². The average molecular weight is 270 g/mol. The minimum Gasteiger partial charge on any atom is -0.480 e. The molecule has 0 aromatic rings. The van der Waals surface area contributed by atoms with Crippen molar-refractivity contribution >= 4 is 12.0 Å². The molecular weight excluding hydrogens is 244 g/mol. The number of carboxylic acids is 1. The van der Waals surface area contributed by atoms with Gasteiger partial charge in [-0.05, 0) is 32.1 Å². The predicted octanol–water partition coefficient (Wildman–Crippen LogP) is 2.46. The van der Waals surface area contributed by atoms with Crippen LogP contribution in [0.2, 0.25) is 0 Å². The summed E-state index contributed by atoms with van der Waals surface area (Å²) in [7, 11) is 0. The monoisotopic (exact) mass is 270 g/mol. The molecule has 0 aliphatic heterocycles. The van der Waals surface area contributed by atoms with Gasteiger partial charge in [0.1, 0.15) is 6.54 Å². The molecule has 0 radical (unpaired) electrons. The predicted molar refractivity (Wildman–Crippen MR) is 74.0 cm³/mol. The zero-order chi connectivity index (χ0) is 14.4. The van der Waals surface area contributed by atoms with Gasteiger partial charge >= 0.3 is 12.0 Å². The first kappa shape index (κ1) is 15.8. The van der Waals surface area contributed by atoms with Crippen LogP contribution in [-0.2, 0) is 4.79 Å². The topological polar surface area (TPSA) is 69.6 Å². The molecule has 110 valence electrons. The Labute approximate surface area is 115 Å². The molecule has 5 heteroatoms. The van der Waals surface area contributed by atoms with Gasteiger partial charge in [-0.15, -0.1) is 0 Å². The van der Waals surface area contributed by atoms with Crippen molar-refractivity contribution in [2.75, 3.05) is 6.54 Å². The number of rotatable bonds is 6. The van der Waals surface area contributed by atoms with Gasteiger partial charge in [-0.3, -0.25) is 4.79 Å². The van der Waals surface area contributed by atoms with Crippen LogP contribution < -0.4 is 5.32 Å². The average Bonchev–Trinajstić information content (AvgIpc) is 2.77. The van der Waals surface area contributed by atoms with Crippen molar-refractivity contribution in [1.82, 2.24) is 10.2 Å². The number of hydrogen-bond donors (Lipinski definition) is 2. The van der Waals surface area contributed by atoms with Crippen molar-refractivity contribution in [3.8, 4) is 0 Å². The summed E-state index contributed by atoms with van der Waals surface area (Å²) in [4.78, 5) is 24.6. The van der Waals surface area contributed by atoms with Crippen LogP contribution >= 0.6 is 0 Å². The molecule has 1 unspecified atom stereocenters. The van der Waals surface area contributed by atoms with Crippen molar-refractivity contribution < 1.29 is 14.7 Å². The molecule has 2 N–H and O–H groups in total. The fraction of sp³-hybridized carbons (Fsp3) is 0.857. The summed E-state index contributed by atoms with van der Waals surface area (Å²) in [6.07, 6.45) is 4.89. The lowest BCUT2D eigenvalue weighted by Crippen LogP contribution is -2.50. The second kappa shape index (κ2) is 7.36. The summed E-state index contributed by atoms with van der Waals surface area (Å²) in [5.41, 5.74) is 0. The Bertz CT molecular complexity index is 312. The van der Waals surface area contributed by atoms with Crippen LogP contribution in [-0.4, -0.2) is 40.6 Å². The van der Waals surface area contributed by atoms with Crippen molar-refractivity contribution in [2.24, 2.45) is 5.92 Å². The van der Waals surface area contributed by atoms with Gasteiger partial charge in [0.05, 0.1) is 0 Å². The molecule has 0 saturated heterocycles. The second-order valence-corrected chi connectivity index (χ2v) is 5.94. The quantitative estimate of drug-likeness (QED) is 0.779. The van der Waals surface area contributed by atoms with Gasteiger partial charge in [0.2, 0.25) is 0 Å². The highest BCUT2D eigenvalue weighted by molar-refractivity contribution is 5.80. The summed E-state index contributed by atoms with van der Waals surface area (Å²) in [5.74, 6) is -0.437. The molecular formula is C14H26N2O3. The Hall–Kier alpha value is -1.26. The van der Waals surface area contributed by atoms with Crippen LogP contribution in [0.25, 0.3) is 0 Å². The van der Waals surface area contributed by atoms with Gasteiger partial charge in [-0.2, -0.15) is 0 Å². The number of carbonyl (C=O) groups is 2. The van der Waals surface area contributed by atoms with Crippen molar-refractivity contribution in [2.45, 2.75) is 65.0 Å². The van der Waals surface area contributed by atoms with E-state index in [1.807, 2.05) is 6.92 Å². The minimum absolute atomic E-state index is 0.0743. The molecule has 1 aliphatic rings.